The largest absolute Gasteiger partial charge is 0.456 e. The molecule has 29 heavy (non-hydrogen) atoms. The third kappa shape index (κ3) is 4.87. The summed E-state index contributed by atoms with van der Waals surface area (Å²) >= 11 is 0. The maximum Gasteiger partial charge on any atom is 0.330 e. The summed E-state index contributed by atoms with van der Waals surface area (Å²) in [7, 11) is -2.18. The molecular formula is C19H31FN2O6Si. The van der Waals surface area contributed by atoms with Gasteiger partial charge >= 0.3 is 11.7 Å². The van der Waals surface area contributed by atoms with Crippen molar-refractivity contribution in [3.63, 3.8) is 0 Å². The second kappa shape index (κ2) is 8.15. The van der Waals surface area contributed by atoms with E-state index in [1.54, 1.807) is 6.92 Å². The van der Waals surface area contributed by atoms with Gasteiger partial charge in [0.1, 0.15) is 6.10 Å². The lowest BCUT2D eigenvalue weighted by Gasteiger charge is -2.37. The van der Waals surface area contributed by atoms with Gasteiger partial charge in [0.15, 0.2) is 26.3 Å². The molecule has 1 aliphatic heterocycles. The molecule has 0 saturated carbocycles. The van der Waals surface area contributed by atoms with Gasteiger partial charge in [-0.15, -0.1) is 0 Å². The molecule has 4 atom stereocenters. The molecule has 0 spiro atoms. The quantitative estimate of drug-likeness (QED) is 0.550. The summed E-state index contributed by atoms with van der Waals surface area (Å²) in [6.45, 7) is 13.2. The fraction of sp³-hybridized carbons (Fsp3) is 0.737. The molecule has 1 fully saturated rings. The number of alkyl halides is 1. The van der Waals surface area contributed by atoms with Gasteiger partial charge < -0.3 is 13.9 Å². The summed E-state index contributed by atoms with van der Waals surface area (Å²) in [6.07, 6.45) is -2.30. The lowest BCUT2D eigenvalue weighted by atomic mass is 9.98. The first kappa shape index (κ1) is 23.5. The van der Waals surface area contributed by atoms with Gasteiger partial charge in [-0.2, -0.15) is 0 Å². The zero-order chi connectivity index (χ0) is 22.2. The van der Waals surface area contributed by atoms with Gasteiger partial charge in [0, 0.05) is 18.7 Å². The molecule has 8 nitrogen and oxygen atoms in total. The highest BCUT2D eigenvalue weighted by Crippen LogP contribution is 2.44. The monoisotopic (exact) mass is 430 g/mol. The summed E-state index contributed by atoms with van der Waals surface area (Å²) in [5.41, 5.74) is -3.62. The van der Waals surface area contributed by atoms with Crippen molar-refractivity contribution >= 4 is 14.3 Å². The maximum atomic E-state index is 15.8. The number of aromatic amines is 1. The third-order valence-corrected chi connectivity index (χ3v) is 10.2. The number of hydrogen-bond acceptors (Lipinski definition) is 6. The Bertz CT molecular complexity index is 857. The normalized spacial score (nSPS) is 27.8. The zero-order valence-corrected chi connectivity index (χ0v) is 19.1. The minimum Gasteiger partial charge on any atom is -0.456 e. The number of ether oxygens (including phenoxy) is 2. The minimum atomic E-state index is -2.21. The molecule has 0 bridgehead atoms. The van der Waals surface area contributed by atoms with Crippen molar-refractivity contribution in [2.45, 2.75) is 83.3 Å². The predicted molar refractivity (Wildman–Crippen MR) is 108 cm³/mol. The van der Waals surface area contributed by atoms with E-state index in [2.05, 4.69) is 25.8 Å². The van der Waals surface area contributed by atoms with Crippen LogP contribution >= 0.6 is 0 Å². The Kier molecular flexibility index (Phi) is 6.61. The molecule has 1 saturated heterocycles. The average molecular weight is 431 g/mol. The van der Waals surface area contributed by atoms with Crippen LogP contribution in [0.1, 0.15) is 47.3 Å². The van der Waals surface area contributed by atoms with E-state index in [1.807, 2.05) is 13.1 Å². The molecule has 2 heterocycles. The Hall–Kier alpha value is -1.78. The number of nitrogens with zero attached hydrogens (tertiary/aromatic N) is 1. The van der Waals surface area contributed by atoms with E-state index in [0.717, 1.165) is 10.6 Å². The first-order chi connectivity index (χ1) is 13.2. The Morgan fingerprint density at radius 2 is 2.00 bits per heavy atom. The zero-order valence-electron chi connectivity index (χ0n) is 18.1. The molecule has 0 aliphatic carbocycles. The van der Waals surface area contributed by atoms with Crippen LogP contribution in [-0.4, -0.2) is 48.3 Å². The molecule has 1 aliphatic rings. The van der Waals surface area contributed by atoms with Crippen LogP contribution in [0.3, 0.4) is 0 Å². The van der Waals surface area contributed by atoms with Gasteiger partial charge in [0.2, 0.25) is 0 Å². The van der Waals surface area contributed by atoms with Crippen molar-refractivity contribution < 1.29 is 23.1 Å². The number of aromatic nitrogens is 2. The van der Waals surface area contributed by atoms with E-state index in [1.165, 1.54) is 13.1 Å². The minimum absolute atomic E-state index is 0.0201. The van der Waals surface area contributed by atoms with Crippen LogP contribution in [0.15, 0.2) is 21.9 Å². The lowest BCUT2D eigenvalue weighted by Crippen LogP contribution is -2.48. The molecule has 1 N–H and O–H groups in total. The molecule has 10 heteroatoms. The number of esters is 1. The molecule has 1 unspecified atom stereocenters. The summed E-state index contributed by atoms with van der Waals surface area (Å²) in [5.74, 6) is -0.575. The van der Waals surface area contributed by atoms with Crippen molar-refractivity contribution in [2.24, 2.45) is 0 Å². The van der Waals surface area contributed by atoms with Gasteiger partial charge in [-0.1, -0.05) is 27.7 Å². The van der Waals surface area contributed by atoms with Crippen LogP contribution < -0.4 is 11.2 Å². The first-order valence-electron chi connectivity index (χ1n) is 9.70. The van der Waals surface area contributed by atoms with Crippen LogP contribution in [0.4, 0.5) is 4.39 Å². The van der Waals surface area contributed by atoms with Crippen molar-refractivity contribution in [1.82, 2.24) is 9.55 Å². The smallest absolute Gasteiger partial charge is 0.330 e. The summed E-state index contributed by atoms with van der Waals surface area (Å²) in [4.78, 5) is 37.5. The van der Waals surface area contributed by atoms with Crippen LogP contribution in [0.2, 0.25) is 18.1 Å². The molecule has 1 aromatic heterocycles. The highest BCUT2D eigenvalue weighted by atomic mass is 28.4. The molecule has 0 radical (unpaired) electrons. The molecule has 0 amide bonds. The molecule has 2 rings (SSSR count). The lowest BCUT2D eigenvalue weighted by molar-refractivity contribution is -0.157. The Balaban J connectivity index is 2.36. The third-order valence-electron chi connectivity index (χ3n) is 5.75. The van der Waals surface area contributed by atoms with E-state index >= 15 is 4.39 Å². The number of halogens is 1. The highest BCUT2D eigenvalue weighted by Gasteiger charge is 2.58. The number of hydrogen-bond donors (Lipinski definition) is 1. The number of rotatable bonds is 6. The van der Waals surface area contributed by atoms with E-state index in [0.29, 0.717) is 0 Å². The van der Waals surface area contributed by atoms with Crippen LogP contribution in [0, 0.1) is 0 Å². The van der Waals surface area contributed by atoms with E-state index < -0.39 is 49.6 Å². The van der Waals surface area contributed by atoms with Crippen molar-refractivity contribution in [2.75, 3.05) is 6.61 Å². The average Bonchev–Trinajstić information content (AvgIpc) is 2.83. The summed E-state index contributed by atoms with van der Waals surface area (Å²) < 4.78 is 34.1. The van der Waals surface area contributed by atoms with E-state index in [9.17, 15) is 14.4 Å². The van der Waals surface area contributed by atoms with Crippen molar-refractivity contribution in [3.8, 4) is 0 Å². The summed E-state index contributed by atoms with van der Waals surface area (Å²) in [6, 6.07) is 1.10. The van der Waals surface area contributed by atoms with E-state index in [4.69, 9.17) is 13.9 Å². The van der Waals surface area contributed by atoms with Gasteiger partial charge in [-0.25, -0.2) is 9.18 Å². The molecular weight excluding hydrogens is 399 g/mol. The Morgan fingerprint density at radius 3 is 2.52 bits per heavy atom. The topological polar surface area (TPSA) is 99.6 Å². The standard InChI is InChI=1S/C19H31FN2O6Si/c1-8-14(24)28-15-12(11-26-29(6,7)18(2,3)4)27-16(19(15,5)20)22-10-9-13(23)21-17(22)25/h9-10,12,15-16H,8,11H2,1-7H3,(H,21,23,25)/t12-,15?,16-,19+/m1/s1. The predicted octanol–water partition coefficient (Wildman–Crippen LogP) is 2.51. The van der Waals surface area contributed by atoms with E-state index in [-0.39, 0.29) is 18.1 Å². The first-order valence-corrected chi connectivity index (χ1v) is 12.6. The highest BCUT2D eigenvalue weighted by molar-refractivity contribution is 6.74. The van der Waals surface area contributed by atoms with Gasteiger partial charge in [-0.05, 0) is 25.1 Å². The van der Waals surface area contributed by atoms with Gasteiger partial charge in [0.25, 0.3) is 5.56 Å². The number of H-pyrrole nitrogens is 1. The summed E-state index contributed by atoms with van der Waals surface area (Å²) in [5, 5.41) is -0.0739. The molecule has 164 valence electrons. The van der Waals surface area contributed by atoms with Crippen LogP contribution in [-0.2, 0) is 18.7 Å². The second-order valence-electron chi connectivity index (χ2n) is 9.03. The molecule has 1 aromatic rings. The number of carbonyl (C=O) groups is 1. The van der Waals surface area contributed by atoms with Crippen LogP contribution in [0.5, 0.6) is 0 Å². The second-order valence-corrected chi connectivity index (χ2v) is 13.8. The Morgan fingerprint density at radius 1 is 1.38 bits per heavy atom. The maximum absolute atomic E-state index is 15.8. The number of nitrogens with one attached hydrogen (secondary N) is 1. The van der Waals surface area contributed by atoms with Crippen LogP contribution in [0.25, 0.3) is 0 Å². The van der Waals surface area contributed by atoms with Gasteiger partial charge in [0.05, 0.1) is 6.61 Å². The van der Waals surface area contributed by atoms with Crippen molar-refractivity contribution in [1.29, 1.82) is 0 Å². The SMILES string of the molecule is CCC(=O)OC1[C@@H](CO[Si](C)(C)C(C)(C)C)O[C@@H](n2ccc(=O)[nH]c2=O)[C@@]1(C)F. The number of carbonyl (C=O) groups excluding carboxylic acids is 1. The Labute approximate surface area is 170 Å². The fourth-order valence-electron chi connectivity index (χ4n) is 2.87. The van der Waals surface area contributed by atoms with Gasteiger partial charge in [-0.3, -0.25) is 19.1 Å². The fourth-order valence-corrected chi connectivity index (χ4v) is 3.89. The molecule has 0 aromatic carbocycles. The van der Waals surface area contributed by atoms with Crippen molar-refractivity contribution in [3.05, 3.63) is 33.1 Å².